The van der Waals surface area contributed by atoms with E-state index in [2.05, 4.69) is 34.2 Å². The summed E-state index contributed by atoms with van der Waals surface area (Å²) in [5.74, 6) is -0.138. The van der Waals surface area contributed by atoms with Crippen LogP contribution in [0.15, 0.2) is 58.0 Å². The van der Waals surface area contributed by atoms with Gasteiger partial charge in [0.25, 0.3) is 0 Å². The minimum atomic E-state index is -0.377. The Bertz CT molecular complexity index is 1230. The first-order chi connectivity index (χ1) is 14.6. The number of nitrogens with zero attached hydrogens (tertiary/aromatic N) is 2. The molecule has 0 aliphatic heterocycles. The zero-order valence-electron chi connectivity index (χ0n) is 17.4. The standard InChI is InChI=1S/C24H25N3O3/c1-4-29-12-11-27-17(3)20(19-7-5-6-8-21(19)27)15-25-26-24(28)23-14-18-13-16(2)9-10-22(18)30-23/h5-10,13-15H,4,11-12H2,1-3H3,(H,26,28)/b25-15+. The van der Waals surface area contributed by atoms with Crippen LogP contribution in [0.2, 0.25) is 0 Å². The van der Waals surface area contributed by atoms with Crippen molar-refractivity contribution >= 4 is 34.0 Å². The number of fused-ring (bicyclic) bond motifs is 2. The van der Waals surface area contributed by atoms with Crippen LogP contribution in [0.1, 0.15) is 34.3 Å². The van der Waals surface area contributed by atoms with E-state index in [1.54, 1.807) is 12.3 Å². The van der Waals surface area contributed by atoms with Crippen molar-refractivity contribution < 1.29 is 13.9 Å². The maximum Gasteiger partial charge on any atom is 0.307 e. The van der Waals surface area contributed by atoms with Crippen LogP contribution < -0.4 is 5.43 Å². The van der Waals surface area contributed by atoms with Crippen molar-refractivity contribution in [1.29, 1.82) is 0 Å². The third-order valence-corrected chi connectivity index (χ3v) is 5.20. The third kappa shape index (κ3) is 3.86. The quantitative estimate of drug-likeness (QED) is 0.274. The summed E-state index contributed by atoms with van der Waals surface area (Å²) < 4.78 is 13.4. The molecule has 0 radical (unpaired) electrons. The van der Waals surface area contributed by atoms with Gasteiger partial charge in [-0.15, -0.1) is 0 Å². The van der Waals surface area contributed by atoms with Gasteiger partial charge in [-0.2, -0.15) is 5.10 Å². The number of hydrogen-bond acceptors (Lipinski definition) is 4. The average molecular weight is 403 g/mol. The number of rotatable bonds is 7. The zero-order chi connectivity index (χ0) is 21.1. The molecule has 0 aliphatic carbocycles. The maximum absolute atomic E-state index is 12.5. The van der Waals surface area contributed by atoms with E-state index in [9.17, 15) is 4.79 Å². The Hall–Kier alpha value is -3.38. The van der Waals surface area contributed by atoms with E-state index in [1.165, 1.54) is 0 Å². The van der Waals surface area contributed by atoms with Crippen molar-refractivity contribution in [3.63, 3.8) is 0 Å². The van der Waals surface area contributed by atoms with E-state index in [1.807, 2.05) is 44.2 Å². The Labute approximate surface area is 175 Å². The largest absolute Gasteiger partial charge is 0.451 e. The molecule has 0 bridgehead atoms. The highest BCUT2D eigenvalue weighted by atomic mass is 16.5. The van der Waals surface area contributed by atoms with Gasteiger partial charge in [0.1, 0.15) is 5.58 Å². The summed E-state index contributed by atoms with van der Waals surface area (Å²) in [4.78, 5) is 12.5. The molecule has 0 saturated heterocycles. The molecule has 4 aromatic rings. The molecule has 2 aromatic heterocycles. The Morgan fingerprint density at radius 2 is 2.03 bits per heavy atom. The minimum Gasteiger partial charge on any atom is -0.451 e. The Balaban J connectivity index is 1.55. The number of hydrazone groups is 1. The van der Waals surface area contributed by atoms with E-state index in [0.29, 0.717) is 18.8 Å². The molecule has 4 rings (SSSR count). The first-order valence-corrected chi connectivity index (χ1v) is 10.1. The normalized spacial score (nSPS) is 11.7. The maximum atomic E-state index is 12.5. The molecule has 2 aromatic carbocycles. The van der Waals surface area contributed by atoms with Crippen LogP contribution in [-0.2, 0) is 11.3 Å². The van der Waals surface area contributed by atoms with Gasteiger partial charge in [0, 0.05) is 40.7 Å². The average Bonchev–Trinajstić information content (AvgIpc) is 3.28. The van der Waals surface area contributed by atoms with Gasteiger partial charge in [0.05, 0.1) is 12.8 Å². The van der Waals surface area contributed by atoms with Crippen molar-refractivity contribution in [3.8, 4) is 0 Å². The Morgan fingerprint density at radius 1 is 1.20 bits per heavy atom. The molecule has 0 spiro atoms. The van der Waals surface area contributed by atoms with E-state index in [-0.39, 0.29) is 11.7 Å². The topological polar surface area (TPSA) is 68.8 Å². The number of para-hydroxylation sites is 1. The second-order valence-electron chi connectivity index (χ2n) is 7.22. The van der Waals surface area contributed by atoms with Crippen LogP contribution in [-0.4, -0.2) is 29.9 Å². The van der Waals surface area contributed by atoms with Gasteiger partial charge >= 0.3 is 5.91 Å². The number of nitrogens with one attached hydrogen (secondary N) is 1. The first-order valence-electron chi connectivity index (χ1n) is 10.1. The monoisotopic (exact) mass is 403 g/mol. The highest BCUT2D eigenvalue weighted by Gasteiger charge is 2.14. The summed E-state index contributed by atoms with van der Waals surface area (Å²) in [6.07, 6.45) is 1.69. The summed E-state index contributed by atoms with van der Waals surface area (Å²) in [6, 6.07) is 15.7. The molecular weight excluding hydrogens is 378 g/mol. The molecule has 0 aliphatic rings. The SMILES string of the molecule is CCOCCn1c(C)c(/C=N/NC(=O)c2cc3cc(C)ccc3o2)c2ccccc21. The molecule has 1 amide bonds. The lowest BCUT2D eigenvalue weighted by Gasteiger charge is -2.08. The number of hydrogen-bond donors (Lipinski definition) is 1. The van der Waals surface area contributed by atoms with Crippen LogP contribution in [0.4, 0.5) is 0 Å². The van der Waals surface area contributed by atoms with Crippen LogP contribution >= 0.6 is 0 Å². The van der Waals surface area contributed by atoms with Gasteiger partial charge < -0.3 is 13.7 Å². The summed E-state index contributed by atoms with van der Waals surface area (Å²) in [6.45, 7) is 8.15. The van der Waals surface area contributed by atoms with Crippen molar-refractivity contribution in [3.05, 3.63) is 71.1 Å². The molecule has 154 valence electrons. The number of carbonyl (C=O) groups is 1. The number of amides is 1. The Morgan fingerprint density at radius 3 is 2.87 bits per heavy atom. The first kappa shape index (κ1) is 19.9. The molecule has 0 saturated carbocycles. The summed E-state index contributed by atoms with van der Waals surface area (Å²) >= 11 is 0. The van der Waals surface area contributed by atoms with Crippen molar-refractivity contribution in [2.45, 2.75) is 27.3 Å². The lowest BCUT2D eigenvalue weighted by atomic mass is 10.1. The number of furan rings is 1. The molecule has 1 N–H and O–H groups in total. The zero-order valence-corrected chi connectivity index (χ0v) is 17.4. The summed E-state index contributed by atoms with van der Waals surface area (Å²) in [5, 5.41) is 6.18. The van der Waals surface area contributed by atoms with Crippen LogP contribution in [0, 0.1) is 13.8 Å². The van der Waals surface area contributed by atoms with Gasteiger partial charge in [-0.1, -0.05) is 29.8 Å². The molecule has 2 heterocycles. The molecule has 0 atom stereocenters. The van der Waals surface area contributed by atoms with E-state index in [0.717, 1.165) is 39.7 Å². The van der Waals surface area contributed by atoms with E-state index >= 15 is 0 Å². The number of carbonyl (C=O) groups excluding carboxylic acids is 1. The van der Waals surface area contributed by atoms with E-state index in [4.69, 9.17) is 9.15 Å². The lowest BCUT2D eigenvalue weighted by molar-refractivity contribution is 0.0929. The number of aromatic nitrogens is 1. The van der Waals surface area contributed by atoms with Crippen molar-refractivity contribution in [2.24, 2.45) is 5.10 Å². The summed E-state index contributed by atoms with van der Waals surface area (Å²) in [5.41, 5.74) is 7.55. The predicted molar refractivity (Wildman–Crippen MR) is 119 cm³/mol. The molecule has 0 fully saturated rings. The highest BCUT2D eigenvalue weighted by Crippen LogP contribution is 2.24. The van der Waals surface area contributed by atoms with Gasteiger partial charge in [-0.05, 0) is 45.0 Å². The number of aryl methyl sites for hydroxylation is 1. The highest BCUT2D eigenvalue weighted by molar-refractivity contribution is 6.02. The lowest BCUT2D eigenvalue weighted by Crippen LogP contribution is -2.16. The smallest absolute Gasteiger partial charge is 0.307 e. The van der Waals surface area contributed by atoms with Crippen LogP contribution in [0.25, 0.3) is 21.9 Å². The summed E-state index contributed by atoms with van der Waals surface area (Å²) in [7, 11) is 0. The van der Waals surface area contributed by atoms with Crippen molar-refractivity contribution in [1.82, 2.24) is 9.99 Å². The predicted octanol–water partition coefficient (Wildman–Crippen LogP) is 4.80. The fourth-order valence-corrected chi connectivity index (χ4v) is 3.69. The van der Waals surface area contributed by atoms with Gasteiger partial charge in [0.15, 0.2) is 5.76 Å². The number of ether oxygens (including phenoxy) is 1. The molecule has 6 nitrogen and oxygen atoms in total. The van der Waals surface area contributed by atoms with E-state index < -0.39 is 0 Å². The van der Waals surface area contributed by atoms with Gasteiger partial charge in [-0.3, -0.25) is 4.79 Å². The van der Waals surface area contributed by atoms with Crippen LogP contribution in [0.5, 0.6) is 0 Å². The van der Waals surface area contributed by atoms with Gasteiger partial charge in [-0.25, -0.2) is 5.43 Å². The minimum absolute atomic E-state index is 0.239. The fourth-order valence-electron chi connectivity index (χ4n) is 3.69. The molecular formula is C24H25N3O3. The second kappa shape index (κ2) is 8.55. The Kier molecular flexibility index (Phi) is 5.68. The third-order valence-electron chi connectivity index (χ3n) is 5.20. The fraction of sp³-hybridized carbons (Fsp3) is 0.250. The van der Waals surface area contributed by atoms with Crippen LogP contribution in [0.3, 0.4) is 0 Å². The van der Waals surface area contributed by atoms with Gasteiger partial charge in [0.2, 0.25) is 0 Å². The van der Waals surface area contributed by atoms with Crippen molar-refractivity contribution in [2.75, 3.05) is 13.2 Å². The second-order valence-corrected chi connectivity index (χ2v) is 7.22. The molecule has 6 heteroatoms. The molecule has 0 unspecified atom stereocenters. The molecule has 30 heavy (non-hydrogen) atoms. The number of benzene rings is 2.